The minimum atomic E-state index is -0.562. The zero-order chi connectivity index (χ0) is 14.0. The number of methoxy groups -OCH3 is 1. The topological polar surface area (TPSA) is 35.2 Å². The maximum atomic E-state index is 14.1. The van der Waals surface area contributed by atoms with Crippen molar-refractivity contribution < 1.29 is 9.13 Å². The molecule has 0 heterocycles. The SMILES string of the molecule is COc1cc(C)ccc1C(N)c1cccc(Br)c1F. The lowest BCUT2D eigenvalue weighted by Gasteiger charge is -2.17. The quantitative estimate of drug-likeness (QED) is 0.928. The Morgan fingerprint density at radius 1 is 1.21 bits per heavy atom. The van der Waals surface area contributed by atoms with E-state index in [1.807, 2.05) is 25.1 Å². The molecular formula is C15H15BrFNO. The summed E-state index contributed by atoms with van der Waals surface area (Å²) in [5.74, 6) is 0.338. The predicted octanol–water partition coefficient (Wildman–Crippen LogP) is 3.95. The lowest BCUT2D eigenvalue weighted by molar-refractivity contribution is 0.407. The van der Waals surface area contributed by atoms with Crippen LogP contribution in [0.3, 0.4) is 0 Å². The Bertz CT molecular complexity index is 601. The molecule has 0 amide bonds. The fraction of sp³-hybridized carbons (Fsp3) is 0.200. The van der Waals surface area contributed by atoms with E-state index < -0.39 is 6.04 Å². The molecule has 0 aliphatic heterocycles. The van der Waals surface area contributed by atoms with Gasteiger partial charge in [0.1, 0.15) is 11.6 Å². The molecule has 0 bridgehead atoms. The third kappa shape index (κ3) is 2.80. The minimum absolute atomic E-state index is 0.336. The Labute approximate surface area is 120 Å². The second kappa shape index (κ2) is 5.72. The van der Waals surface area contributed by atoms with Crippen molar-refractivity contribution >= 4 is 15.9 Å². The lowest BCUT2D eigenvalue weighted by Crippen LogP contribution is -2.15. The van der Waals surface area contributed by atoms with Gasteiger partial charge in [-0.15, -0.1) is 0 Å². The van der Waals surface area contributed by atoms with Crippen LogP contribution in [0.15, 0.2) is 40.9 Å². The molecule has 2 aromatic carbocycles. The first-order chi connectivity index (χ1) is 9.04. The van der Waals surface area contributed by atoms with E-state index in [1.54, 1.807) is 25.3 Å². The van der Waals surface area contributed by atoms with E-state index in [0.29, 0.717) is 15.8 Å². The average molecular weight is 324 g/mol. The van der Waals surface area contributed by atoms with Gasteiger partial charge < -0.3 is 10.5 Å². The van der Waals surface area contributed by atoms with Gasteiger partial charge >= 0.3 is 0 Å². The second-order valence-electron chi connectivity index (χ2n) is 4.37. The van der Waals surface area contributed by atoms with Crippen molar-refractivity contribution in [3.63, 3.8) is 0 Å². The second-order valence-corrected chi connectivity index (χ2v) is 5.22. The van der Waals surface area contributed by atoms with Crippen molar-refractivity contribution in [3.8, 4) is 5.75 Å². The molecule has 0 aliphatic rings. The Morgan fingerprint density at radius 3 is 2.63 bits per heavy atom. The Balaban J connectivity index is 2.49. The van der Waals surface area contributed by atoms with Crippen LogP contribution >= 0.6 is 15.9 Å². The number of nitrogens with two attached hydrogens (primary N) is 1. The van der Waals surface area contributed by atoms with Gasteiger partial charge in [-0.05, 0) is 40.5 Å². The van der Waals surface area contributed by atoms with Crippen LogP contribution in [0.2, 0.25) is 0 Å². The Hall–Kier alpha value is -1.39. The van der Waals surface area contributed by atoms with Gasteiger partial charge in [-0.2, -0.15) is 0 Å². The summed E-state index contributed by atoms with van der Waals surface area (Å²) in [5.41, 5.74) is 8.45. The summed E-state index contributed by atoms with van der Waals surface area (Å²) in [4.78, 5) is 0. The van der Waals surface area contributed by atoms with Gasteiger partial charge in [0.05, 0.1) is 17.6 Å². The van der Waals surface area contributed by atoms with Gasteiger partial charge in [-0.1, -0.05) is 24.3 Å². The maximum absolute atomic E-state index is 14.1. The number of aryl methyl sites for hydroxylation is 1. The summed E-state index contributed by atoms with van der Waals surface area (Å²) in [6.07, 6.45) is 0. The average Bonchev–Trinajstić information content (AvgIpc) is 2.41. The van der Waals surface area contributed by atoms with Gasteiger partial charge in [0.2, 0.25) is 0 Å². The molecule has 0 fully saturated rings. The number of ether oxygens (including phenoxy) is 1. The highest BCUT2D eigenvalue weighted by Crippen LogP contribution is 2.32. The van der Waals surface area contributed by atoms with Gasteiger partial charge in [-0.25, -0.2) is 4.39 Å². The molecule has 1 unspecified atom stereocenters. The largest absolute Gasteiger partial charge is 0.496 e. The molecule has 0 radical (unpaired) electrons. The number of halogens is 2. The molecule has 2 rings (SSSR count). The molecule has 0 aliphatic carbocycles. The molecule has 0 aromatic heterocycles. The Morgan fingerprint density at radius 2 is 1.95 bits per heavy atom. The van der Waals surface area contributed by atoms with Crippen molar-refractivity contribution in [2.45, 2.75) is 13.0 Å². The zero-order valence-corrected chi connectivity index (χ0v) is 12.4. The van der Waals surface area contributed by atoms with E-state index in [9.17, 15) is 4.39 Å². The van der Waals surface area contributed by atoms with Gasteiger partial charge in [-0.3, -0.25) is 0 Å². The van der Waals surface area contributed by atoms with Crippen molar-refractivity contribution in [2.75, 3.05) is 7.11 Å². The van der Waals surface area contributed by atoms with Crippen LogP contribution in [0.25, 0.3) is 0 Å². The maximum Gasteiger partial charge on any atom is 0.142 e. The fourth-order valence-electron chi connectivity index (χ4n) is 2.00. The third-order valence-electron chi connectivity index (χ3n) is 3.04. The summed E-state index contributed by atoms with van der Waals surface area (Å²) >= 11 is 3.17. The number of rotatable bonds is 3. The summed E-state index contributed by atoms with van der Waals surface area (Å²) < 4.78 is 19.8. The molecule has 0 spiro atoms. The van der Waals surface area contributed by atoms with Crippen molar-refractivity contribution in [1.29, 1.82) is 0 Å². The van der Waals surface area contributed by atoms with Crippen LogP contribution in [0, 0.1) is 12.7 Å². The molecule has 100 valence electrons. The summed E-state index contributed by atoms with van der Waals surface area (Å²) in [6.45, 7) is 1.97. The van der Waals surface area contributed by atoms with Crippen LogP contribution in [0.5, 0.6) is 5.75 Å². The normalized spacial score (nSPS) is 12.3. The first-order valence-electron chi connectivity index (χ1n) is 5.88. The van der Waals surface area contributed by atoms with Crippen molar-refractivity contribution in [1.82, 2.24) is 0 Å². The van der Waals surface area contributed by atoms with Crippen molar-refractivity contribution in [3.05, 3.63) is 63.4 Å². The summed E-state index contributed by atoms with van der Waals surface area (Å²) in [7, 11) is 1.59. The van der Waals surface area contributed by atoms with Gasteiger partial charge in [0.15, 0.2) is 0 Å². The van der Waals surface area contributed by atoms with Crippen LogP contribution in [-0.4, -0.2) is 7.11 Å². The van der Waals surface area contributed by atoms with E-state index >= 15 is 0 Å². The van der Waals surface area contributed by atoms with Crippen LogP contribution < -0.4 is 10.5 Å². The molecular weight excluding hydrogens is 309 g/mol. The standard InChI is InChI=1S/C15H15BrFNO/c1-9-6-7-10(13(8-9)19-2)15(18)11-4-3-5-12(16)14(11)17/h3-8,15H,18H2,1-2H3. The molecule has 0 saturated carbocycles. The van der Waals surface area contributed by atoms with Crippen LogP contribution in [-0.2, 0) is 0 Å². The van der Waals surface area contributed by atoms with E-state index in [-0.39, 0.29) is 5.82 Å². The zero-order valence-electron chi connectivity index (χ0n) is 10.8. The molecule has 1 atom stereocenters. The van der Waals surface area contributed by atoms with Crippen molar-refractivity contribution in [2.24, 2.45) is 5.73 Å². The van der Waals surface area contributed by atoms with E-state index in [2.05, 4.69) is 15.9 Å². The van der Waals surface area contributed by atoms with E-state index in [0.717, 1.165) is 11.1 Å². The van der Waals surface area contributed by atoms with Gasteiger partial charge in [0.25, 0.3) is 0 Å². The van der Waals surface area contributed by atoms with Gasteiger partial charge in [0, 0.05) is 11.1 Å². The first kappa shape index (κ1) is 14.0. The fourth-order valence-corrected chi connectivity index (χ4v) is 2.39. The predicted molar refractivity (Wildman–Crippen MR) is 77.9 cm³/mol. The third-order valence-corrected chi connectivity index (χ3v) is 3.65. The molecule has 2 aromatic rings. The number of hydrogen-bond acceptors (Lipinski definition) is 2. The minimum Gasteiger partial charge on any atom is -0.496 e. The lowest BCUT2D eigenvalue weighted by atomic mass is 9.97. The monoisotopic (exact) mass is 323 g/mol. The highest BCUT2D eigenvalue weighted by atomic mass is 79.9. The van der Waals surface area contributed by atoms with Crippen LogP contribution in [0.4, 0.5) is 4.39 Å². The van der Waals surface area contributed by atoms with Crippen LogP contribution in [0.1, 0.15) is 22.7 Å². The number of benzene rings is 2. The Kier molecular flexibility index (Phi) is 4.22. The smallest absolute Gasteiger partial charge is 0.142 e. The number of hydrogen-bond donors (Lipinski definition) is 1. The molecule has 2 nitrogen and oxygen atoms in total. The highest BCUT2D eigenvalue weighted by Gasteiger charge is 2.18. The van der Waals surface area contributed by atoms with E-state index in [4.69, 9.17) is 10.5 Å². The molecule has 0 saturated heterocycles. The first-order valence-corrected chi connectivity index (χ1v) is 6.68. The van der Waals surface area contributed by atoms with E-state index in [1.165, 1.54) is 0 Å². The summed E-state index contributed by atoms with van der Waals surface area (Å²) in [6, 6.07) is 10.2. The highest BCUT2D eigenvalue weighted by molar-refractivity contribution is 9.10. The molecule has 19 heavy (non-hydrogen) atoms. The molecule has 2 N–H and O–H groups in total. The molecule has 4 heteroatoms. The summed E-state index contributed by atoms with van der Waals surface area (Å²) in [5, 5.41) is 0.